The van der Waals surface area contributed by atoms with Crippen LogP contribution in [-0.2, 0) is 6.54 Å². The van der Waals surface area contributed by atoms with Crippen LogP contribution >= 0.6 is 31.9 Å². The molecule has 0 aromatic heterocycles. The van der Waals surface area contributed by atoms with Crippen molar-refractivity contribution in [3.63, 3.8) is 0 Å². The van der Waals surface area contributed by atoms with Crippen LogP contribution in [0.15, 0.2) is 21.1 Å². The molecule has 1 N–H and O–H groups in total. The summed E-state index contributed by atoms with van der Waals surface area (Å²) in [6.45, 7) is 0.800. The summed E-state index contributed by atoms with van der Waals surface area (Å²) in [5.74, 6) is 0.365. The van der Waals surface area contributed by atoms with Gasteiger partial charge in [-0.1, -0.05) is 41.6 Å². The van der Waals surface area contributed by atoms with Gasteiger partial charge in [-0.15, -0.1) is 0 Å². The quantitative estimate of drug-likeness (QED) is 0.728. The average molecular weight is 391 g/mol. The lowest BCUT2D eigenvalue weighted by Crippen LogP contribution is -2.30. The maximum absolute atomic E-state index is 10.1. The summed E-state index contributed by atoms with van der Waals surface area (Å²) in [5, 5.41) is 10.1. The molecule has 0 saturated heterocycles. The third-order valence-electron chi connectivity index (χ3n) is 3.97. The highest BCUT2D eigenvalue weighted by Crippen LogP contribution is 2.33. The van der Waals surface area contributed by atoms with Crippen LogP contribution in [0.25, 0.3) is 0 Å². The summed E-state index contributed by atoms with van der Waals surface area (Å²) in [4.78, 5) is 2.39. The predicted molar refractivity (Wildman–Crippen MR) is 86.5 cm³/mol. The fraction of sp³-hybridized carbons (Fsp3) is 0.600. The minimum absolute atomic E-state index is 0.365. The van der Waals surface area contributed by atoms with Crippen molar-refractivity contribution in [2.24, 2.45) is 0 Å². The van der Waals surface area contributed by atoms with Crippen LogP contribution in [0, 0.1) is 0 Å². The summed E-state index contributed by atoms with van der Waals surface area (Å²) >= 11 is 6.88. The Labute approximate surface area is 132 Å². The van der Waals surface area contributed by atoms with E-state index in [1.54, 1.807) is 0 Å². The molecule has 0 amide bonds. The highest BCUT2D eigenvalue weighted by atomic mass is 79.9. The van der Waals surface area contributed by atoms with Crippen molar-refractivity contribution in [2.75, 3.05) is 7.05 Å². The Balaban J connectivity index is 2.07. The van der Waals surface area contributed by atoms with E-state index in [-0.39, 0.29) is 0 Å². The third kappa shape index (κ3) is 4.20. The molecule has 0 spiro atoms. The summed E-state index contributed by atoms with van der Waals surface area (Å²) in [7, 11) is 2.17. The molecule has 1 aromatic rings. The Bertz CT molecular complexity index is 428. The predicted octanol–water partition coefficient (Wildman–Crippen LogP) is 5.07. The number of hydrogen-bond acceptors (Lipinski definition) is 2. The van der Waals surface area contributed by atoms with Crippen LogP contribution in [0.1, 0.15) is 44.1 Å². The molecule has 2 nitrogen and oxygen atoms in total. The molecule has 1 aromatic carbocycles. The largest absolute Gasteiger partial charge is 0.506 e. The van der Waals surface area contributed by atoms with Crippen molar-refractivity contribution in [3.05, 3.63) is 26.6 Å². The van der Waals surface area contributed by atoms with E-state index < -0.39 is 0 Å². The van der Waals surface area contributed by atoms with Crippen LogP contribution in [0.3, 0.4) is 0 Å². The van der Waals surface area contributed by atoms with Crippen molar-refractivity contribution in [2.45, 2.75) is 51.1 Å². The van der Waals surface area contributed by atoms with E-state index >= 15 is 0 Å². The number of phenols is 1. The Morgan fingerprint density at radius 1 is 1.16 bits per heavy atom. The molecular formula is C15H21Br2NO. The van der Waals surface area contributed by atoms with Gasteiger partial charge in [0, 0.05) is 22.6 Å². The number of aromatic hydroxyl groups is 1. The number of phenolic OH excluding ortho intramolecular Hbond substituents is 1. The van der Waals surface area contributed by atoms with E-state index in [2.05, 4.69) is 43.8 Å². The minimum Gasteiger partial charge on any atom is -0.506 e. The van der Waals surface area contributed by atoms with Gasteiger partial charge >= 0.3 is 0 Å². The maximum Gasteiger partial charge on any atom is 0.134 e. The van der Waals surface area contributed by atoms with Crippen LogP contribution in [0.5, 0.6) is 5.75 Å². The van der Waals surface area contributed by atoms with Gasteiger partial charge in [-0.3, -0.25) is 4.90 Å². The monoisotopic (exact) mass is 389 g/mol. The summed E-state index contributed by atoms with van der Waals surface area (Å²) in [6.07, 6.45) is 7.99. The zero-order valence-electron chi connectivity index (χ0n) is 11.3. The molecule has 0 heterocycles. The zero-order valence-corrected chi connectivity index (χ0v) is 14.5. The molecule has 1 aliphatic carbocycles. The van der Waals surface area contributed by atoms with Crippen LogP contribution in [-0.4, -0.2) is 23.1 Å². The van der Waals surface area contributed by atoms with Gasteiger partial charge in [0.25, 0.3) is 0 Å². The van der Waals surface area contributed by atoms with E-state index in [1.165, 1.54) is 38.5 Å². The van der Waals surface area contributed by atoms with Crippen LogP contribution in [0.4, 0.5) is 0 Å². The second-order valence-electron chi connectivity index (χ2n) is 5.46. The summed E-state index contributed by atoms with van der Waals surface area (Å²) in [5.41, 5.74) is 0.980. The number of nitrogens with zero attached hydrogens (tertiary/aromatic N) is 1. The lowest BCUT2D eigenvalue weighted by molar-refractivity contribution is 0.211. The van der Waals surface area contributed by atoms with Gasteiger partial charge in [-0.2, -0.15) is 0 Å². The van der Waals surface area contributed by atoms with E-state index in [0.717, 1.165) is 21.1 Å². The first kappa shape index (κ1) is 15.3. The fourth-order valence-electron chi connectivity index (χ4n) is 2.84. The van der Waals surface area contributed by atoms with Gasteiger partial charge in [-0.05, 0) is 48.0 Å². The molecule has 0 unspecified atom stereocenters. The van der Waals surface area contributed by atoms with E-state index in [4.69, 9.17) is 0 Å². The Morgan fingerprint density at radius 3 is 2.42 bits per heavy atom. The van der Waals surface area contributed by atoms with Crippen molar-refractivity contribution in [1.29, 1.82) is 0 Å². The first-order valence-corrected chi connectivity index (χ1v) is 8.53. The first-order valence-electron chi connectivity index (χ1n) is 6.95. The Hall–Kier alpha value is -0.0600. The van der Waals surface area contributed by atoms with E-state index in [1.807, 2.05) is 12.1 Å². The molecule has 1 aliphatic rings. The molecule has 106 valence electrons. The number of rotatable bonds is 3. The molecule has 0 radical (unpaired) electrons. The molecule has 19 heavy (non-hydrogen) atoms. The van der Waals surface area contributed by atoms with Crippen LogP contribution in [0.2, 0.25) is 0 Å². The third-order valence-corrected chi connectivity index (χ3v) is 5.04. The zero-order chi connectivity index (χ0) is 13.8. The topological polar surface area (TPSA) is 23.5 Å². The highest BCUT2D eigenvalue weighted by molar-refractivity contribution is 9.11. The normalized spacial score (nSPS) is 17.7. The summed E-state index contributed by atoms with van der Waals surface area (Å²) < 4.78 is 1.76. The average Bonchev–Trinajstić information content (AvgIpc) is 2.64. The molecule has 4 heteroatoms. The molecule has 0 bridgehead atoms. The Kier molecular flexibility index (Phi) is 5.72. The Morgan fingerprint density at radius 2 is 1.79 bits per heavy atom. The fourth-order valence-corrected chi connectivity index (χ4v) is 4.15. The highest BCUT2D eigenvalue weighted by Gasteiger charge is 2.18. The minimum atomic E-state index is 0.365. The lowest BCUT2D eigenvalue weighted by Gasteiger charge is -2.27. The van der Waals surface area contributed by atoms with Crippen molar-refractivity contribution >= 4 is 31.9 Å². The number of halogens is 2. The molecule has 0 atom stereocenters. The van der Waals surface area contributed by atoms with Crippen molar-refractivity contribution in [1.82, 2.24) is 4.90 Å². The molecular weight excluding hydrogens is 370 g/mol. The molecule has 1 saturated carbocycles. The second-order valence-corrected chi connectivity index (χ2v) is 7.23. The van der Waals surface area contributed by atoms with Crippen molar-refractivity contribution in [3.8, 4) is 5.75 Å². The standard InChI is InChI=1S/C15H21Br2NO/c1-18(13-6-4-2-3-5-7-13)10-11-8-12(16)9-14(17)15(11)19/h8-9,13,19H,2-7,10H2,1H3. The SMILES string of the molecule is CN(Cc1cc(Br)cc(Br)c1O)C1CCCCCC1. The number of benzene rings is 1. The second kappa shape index (κ2) is 7.09. The van der Waals surface area contributed by atoms with Gasteiger partial charge in [0.05, 0.1) is 4.47 Å². The molecule has 1 fully saturated rings. The van der Waals surface area contributed by atoms with Crippen LogP contribution < -0.4 is 0 Å². The molecule has 2 rings (SSSR count). The van der Waals surface area contributed by atoms with Crippen molar-refractivity contribution < 1.29 is 5.11 Å². The van der Waals surface area contributed by atoms with Gasteiger partial charge in [-0.25, -0.2) is 0 Å². The maximum atomic E-state index is 10.1. The van der Waals surface area contributed by atoms with Gasteiger partial charge in [0.15, 0.2) is 0 Å². The van der Waals surface area contributed by atoms with Gasteiger partial charge in [0.1, 0.15) is 5.75 Å². The van der Waals surface area contributed by atoms with E-state index in [9.17, 15) is 5.11 Å². The molecule has 0 aliphatic heterocycles. The smallest absolute Gasteiger partial charge is 0.134 e. The lowest BCUT2D eigenvalue weighted by atomic mass is 10.1. The van der Waals surface area contributed by atoms with E-state index in [0.29, 0.717) is 11.8 Å². The first-order chi connectivity index (χ1) is 9.08. The van der Waals surface area contributed by atoms with Gasteiger partial charge in [0.2, 0.25) is 0 Å². The summed E-state index contributed by atoms with van der Waals surface area (Å²) in [6, 6.07) is 4.54. The number of hydrogen-bond donors (Lipinski definition) is 1. The van der Waals surface area contributed by atoms with Gasteiger partial charge < -0.3 is 5.11 Å².